The second-order valence-electron chi connectivity index (χ2n) is 4.13. The van der Waals surface area contributed by atoms with Gasteiger partial charge in [0, 0.05) is 6.54 Å². The molecule has 2 heterocycles. The summed E-state index contributed by atoms with van der Waals surface area (Å²) in [7, 11) is 0. The third-order valence-corrected chi connectivity index (χ3v) is 3.73. The molecule has 0 bridgehead atoms. The number of carbonyl (C=O) groups excluding carboxylic acids is 2. The summed E-state index contributed by atoms with van der Waals surface area (Å²) in [5.74, 6) is -0.412. The molecule has 0 saturated carbocycles. The summed E-state index contributed by atoms with van der Waals surface area (Å²) < 4.78 is 5.03. The Hall–Kier alpha value is -1.43. The van der Waals surface area contributed by atoms with Crippen LogP contribution < -0.4 is 0 Å². The summed E-state index contributed by atoms with van der Waals surface area (Å²) in [6.07, 6.45) is 4.11. The van der Waals surface area contributed by atoms with Crippen LogP contribution in [0.3, 0.4) is 0 Å². The van der Waals surface area contributed by atoms with E-state index < -0.39 is 6.04 Å². The quantitative estimate of drug-likeness (QED) is 0.783. The minimum atomic E-state index is -0.437. The van der Waals surface area contributed by atoms with Crippen LogP contribution in [0, 0.1) is 0 Å². The van der Waals surface area contributed by atoms with Gasteiger partial charge < -0.3 is 9.64 Å². The largest absolute Gasteiger partial charge is 0.464 e. The van der Waals surface area contributed by atoms with Gasteiger partial charge in [0.05, 0.1) is 18.3 Å². The first-order valence-corrected chi connectivity index (χ1v) is 6.98. The van der Waals surface area contributed by atoms with Gasteiger partial charge >= 0.3 is 5.97 Å². The van der Waals surface area contributed by atoms with E-state index in [1.54, 1.807) is 23.5 Å². The van der Waals surface area contributed by atoms with E-state index >= 15 is 0 Å². The van der Waals surface area contributed by atoms with E-state index in [0.717, 1.165) is 12.8 Å². The molecule has 0 spiro atoms. The van der Waals surface area contributed by atoms with Crippen molar-refractivity contribution >= 4 is 23.2 Å². The molecule has 6 heteroatoms. The molecule has 0 aromatic carbocycles. The Balaban J connectivity index is 2.12. The van der Waals surface area contributed by atoms with E-state index in [-0.39, 0.29) is 11.9 Å². The van der Waals surface area contributed by atoms with Gasteiger partial charge in [0.2, 0.25) is 0 Å². The van der Waals surface area contributed by atoms with Gasteiger partial charge in [-0.05, 0) is 26.2 Å². The Morgan fingerprint density at radius 1 is 1.56 bits per heavy atom. The molecule has 1 amide bonds. The summed E-state index contributed by atoms with van der Waals surface area (Å²) in [6.45, 7) is 2.73. The van der Waals surface area contributed by atoms with Crippen LogP contribution in [-0.2, 0) is 9.53 Å². The van der Waals surface area contributed by atoms with E-state index in [9.17, 15) is 9.59 Å². The Kier molecular flexibility index (Phi) is 4.30. The summed E-state index contributed by atoms with van der Waals surface area (Å²) in [5, 5.41) is 0. The molecule has 1 aliphatic heterocycles. The first kappa shape index (κ1) is 13.0. The lowest BCUT2D eigenvalue weighted by molar-refractivity contribution is -0.149. The van der Waals surface area contributed by atoms with Crippen molar-refractivity contribution in [3.8, 4) is 0 Å². The number of piperidine rings is 1. The Bertz CT molecular complexity index is 419. The first-order chi connectivity index (χ1) is 8.74. The van der Waals surface area contributed by atoms with Crippen LogP contribution in [0.5, 0.6) is 0 Å². The number of hydrogen-bond acceptors (Lipinski definition) is 5. The molecule has 0 N–H and O–H groups in total. The molecule has 0 aliphatic carbocycles. The van der Waals surface area contributed by atoms with Crippen LogP contribution in [0.1, 0.15) is 35.9 Å². The Morgan fingerprint density at radius 2 is 2.39 bits per heavy atom. The third kappa shape index (κ3) is 2.69. The number of hydrogen-bond donors (Lipinski definition) is 0. The minimum absolute atomic E-state index is 0.116. The molecule has 1 unspecified atom stereocenters. The average molecular weight is 268 g/mol. The third-order valence-electron chi connectivity index (χ3n) is 2.97. The number of ether oxygens (including phenoxy) is 1. The lowest BCUT2D eigenvalue weighted by Crippen LogP contribution is -2.48. The number of amides is 1. The van der Waals surface area contributed by atoms with Gasteiger partial charge in [-0.25, -0.2) is 4.79 Å². The van der Waals surface area contributed by atoms with Crippen molar-refractivity contribution in [2.75, 3.05) is 13.2 Å². The molecule has 0 radical (unpaired) electrons. The van der Waals surface area contributed by atoms with Gasteiger partial charge in [0.15, 0.2) is 0 Å². The second-order valence-corrected chi connectivity index (χ2v) is 5.01. The molecule has 1 fully saturated rings. The van der Waals surface area contributed by atoms with Gasteiger partial charge in [0.25, 0.3) is 5.91 Å². The maximum atomic E-state index is 12.3. The molecular weight excluding hydrogens is 252 g/mol. The molecule has 5 nitrogen and oxygen atoms in total. The van der Waals surface area contributed by atoms with Gasteiger partial charge in [-0.15, -0.1) is 11.3 Å². The zero-order valence-electron chi connectivity index (χ0n) is 10.3. The topological polar surface area (TPSA) is 59.5 Å². The van der Waals surface area contributed by atoms with Crippen LogP contribution in [-0.4, -0.2) is 41.0 Å². The highest BCUT2D eigenvalue weighted by molar-refractivity contribution is 7.11. The standard InChI is InChI=1S/C12H16N2O3S/c1-2-17-12(16)9-5-3-4-6-14(9)11(15)10-7-13-8-18-10/h7-9H,2-6H2,1H3. The molecular formula is C12H16N2O3S. The Labute approximate surface area is 110 Å². The Morgan fingerprint density at radius 3 is 3.06 bits per heavy atom. The van der Waals surface area contributed by atoms with Crippen molar-refractivity contribution in [1.82, 2.24) is 9.88 Å². The zero-order valence-corrected chi connectivity index (χ0v) is 11.1. The average Bonchev–Trinajstić information content (AvgIpc) is 2.92. The van der Waals surface area contributed by atoms with E-state index in [1.807, 2.05) is 0 Å². The molecule has 1 saturated heterocycles. The summed E-state index contributed by atoms with van der Waals surface area (Å²) >= 11 is 1.30. The molecule has 2 rings (SSSR count). The van der Waals surface area contributed by atoms with Gasteiger partial charge in [-0.1, -0.05) is 0 Å². The molecule has 18 heavy (non-hydrogen) atoms. The summed E-state index contributed by atoms with van der Waals surface area (Å²) in [5.41, 5.74) is 1.62. The predicted octanol–water partition coefficient (Wildman–Crippen LogP) is 1.70. The smallest absolute Gasteiger partial charge is 0.328 e. The highest BCUT2D eigenvalue weighted by Gasteiger charge is 2.33. The lowest BCUT2D eigenvalue weighted by atomic mass is 10.0. The minimum Gasteiger partial charge on any atom is -0.464 e. The maximum Gasteiger partial charge on any atom is 0.328 e. The van der Waals surface area contributed by atoms with Gasteiger partial charge in [0.1, 0.15) is 10.9 Å². The van der Waals surface area contributed by atoms with Gasteiger partial charge in [-0.3, -0.25) is 9.78 Å². The fraction of sp³-hybridized carbons (Fsp3) is 0.583. The van der Waals surface area contributed by atoms with E-state index in [0.29, 0.717) is 24.4 Å². The van der Waals surface area contributed by atoms with Crippen LogP contribution >= 0.6 is 11.3 Å². The van der Waals surface area contributed by atoms with E-state index in [4.69, 9.17) is 4.74 Å². The number of rotatable bonds is 3. The van der Waals surface area contributed by atoms with Crippen molar-refractivity contribution in [3.05, 3.63) is 16.6 Å². The van der Waals surface area contributed by atoms with Crippen LogP contribution in [0.2, 0.25) is 0 Å². The summed E-state index contributed by atoms with van der Waals surface area (Å²) in [6, 6.07) is -0.437. The summed E-state index contributed by atoms with van der Waals surface area (Å²) in [4.78, 5) is 30.2. The number of thiazole rings is 1. The van der Waals surface area contributed by atoms with E-state index in [2.05, 4.69) is 4.98 Å². The number of carbonyl (C=O) groups is 2. The highest BCUT2D eigenvalue weighted by atomic mass is 32.1. The fourth-order valence-electron chi connectivity index (χ4n) is 2.12. The zero-order chi connectivity index (χ0) is 13.0. The fourth-order valence-corrected chi connectivity index (χ4v) is 2.70. The molecule has 1 atom stereocenters. The van der Waals surface area contributed by atoms with Crippen molar-refractivity contribution in [2.45, 2.75) is 32.2 Å². The molecule has 1 aromatic rings. The predicted molar refractivity (Wildman–Crippen MR) is 67.4 cm³/mol. The van der Waals surface area contributed by atoms with Gasteiger partial charge in [-0.2, -0.15) is 0 Å². The number of esters is 1. The monoisotopic (exact) mass is 268 g/mol. The molecule has 1 aliphatic rings. The number of aromatic nitrogens is 1. The van der Waals surface area contributed by atoms with E-state index in [1.165, 1.54) is 11.3 Å². The van der Waals surface area contributed by atoms with Crippen molar-refractivity contribution in [2.24, 2.45) is 0 Å². The van der Waals surface area contributed by atoms with Crippen LogP contribution in [0.15, 0.2) is 11.7 Å². The van der Waals surface area contributed by atoms with Crippen LogP contribution in [0.4, 0.5) is 0 Å². The normalized spacial score (nSPS) is 19.6. The number of nitrogens with zero attached hydrogens (tertiary/aromatic N) is 2. The van der Waals surface area contributed by atoms with Crippen molar-refractivity contribution in [1.29, 1.82) is 0 Å². The second kappa shape index (κ2) is 5.95. The highest BCUT2D eigenvalue weighted by Crippen LogP contribution is 2.21. The molecule has 1 aromatic heterocycles. The lowest BCUT2D eigenvalue weighted by Gasteiger charge is -2.33. The van der Waals surface area contributed by atoms with Crippen molar-refractivity contribution in [3.63, 3.8) is 0 Å². The SMILES string of the molecule is CCOC(=O)C1CCCCN1C(=O)c1cncs1. The van der Waals surface area contributed by atoms with Crippen LogP contribution in [0.25, 0.3) is 0 Å². The van der Waals surface area contributed by atoms with Crippen molar-refractivity contribution < 1.29 is 14.3 Å². The maximum absolute atomic E-state index is 12.3. The number of likely N-dealkylation sites (tertiary alicyclic amines) is 1. The first-order valence-electron chi connectivity index (χ1n) is 6.10. The molecule has 98 valence electrons.